The number of carbonyl (C=O) groups excluding carboxylic acids is 2. The molecule has 0 rings (SSSR count). The van der Waals surface area contributed by atoms with Gasteiger partial charge in [0, 0.05) is 12.2 Å². The summed E-state index contributed by atoms with van der Waals surface area (Å²) in [6, 6.07) is 0. The number of primary amides is 1. The minimum Gasteiger partial charge on any atom is -0.469 e. The van der Waals surface area contributed by atoms with Crippen LogP contribution in [0, 0.1) is 0 Å². The van der Waals surface area contributed by atoms with Gasteiger partial charge < -0.3 is 10.5 Å². The number of hydrogen-bond donors (Lipinski definition) is 3. The first-order chi connectivity index (χ1) is 6.08. The van der Waals surface area contributed by atoms with E-state index in [9.17, 15) is 9.59 Å². The van der Waals surface area contributed by atoms with Crippen molar-refractivity contribution in [3.63, 3.8) is 0 Å². The topological polar surface area (TPSA) is 69.4 Å². The lowest BCUT2D eigenvalue weighted by atomic mass is 10.5. The number of methoxy groups -OCH3 is 1. The Kier molecular flexibility index (Phi) is 13.5. The Balaban J connectivity index is 0. The van der Waals surface area contributed by atoms with Crippen LogP contribution in [-0.2, 0) is 14.3 Å². The van der Waals surface area contributed by atoms with Gasteiger partial charge in [0.15, 0.2) is 0 Å². The van der Waals surface area contributed by atoms with Crippen molar-refractivity contribution >= 4 is 37.1 Å². The normalized spacial score (nSPS) is 8.23. The Hall–Kier alpha value is -0.360. The molecule has 4 nitrogen and oxygen atoms in total. The number of esters is 1. The van der Waals surface area contributed by atoms with Crippen LogP contribution in [0.3, 0.4) is 0 Å². The summed E-state index contributed by atoms with van der Waals surface area (Å²) >= 11 is 7.57. The molecule has 78 valence electrons. The highest BCUT2D eigenvalue weighted by Gasteiger charge is 1.93. The molecule has 0 heterocycles. The number of amides is 1. The quantitative estimate of drug-likeness (QED) is 0.475. The van der Waals surface area contributed by atoms with Gasteiger partial charge >= 0.3 is 5.97 Å². The number of ether oxygens (including phenoxy) is 1. The molecule has 6 heteroatoms. The van der Waals surface area contributed by atoms with Gasteiger partial charge in [0.1, 0.15) is 0 Å². The van der Waals surface area contributed by atoms with E-state index in [0.717, 1.165) is 0 Å². The highest BCUT2D eigenvalue weighted by atomic mass is 32.1. The zero-order valence-electron chi connectivity index (χ0n) is 7.52. The lowest BCUT2D eigenvalue weighted by molar-refractivity contribution is -0.140. The van der Waals surface area contributed by atoms with Gasteiger partial charge in [0.25, 0.3) is 0 Å². The number of hydrogen-bond acceptors (Lipinski definition) is 5. The molecule has 0 saturated carbocycles. The van der Waals surface area contributed by atoms with E-state index in [1.54, 1.807) is 0 Å². The molecule has 0 aromatic heterocycles. The summed E-state index contributed by atoms with van der Waals surface area (Å²) in [6.45, 7) is 0. The van der Waals surface area contributed by atoms with E-state index in [2.05, 4.69) is 30.0 Å². The van der Waals surface area contributed by atoms with Crippen molar-refractivity contribution in [2.45, 2.75) is 12.8 Å². The number of thiol groups is 2. The molecule has 0 bridgehead atoms. The second kappa shape index (κ2) is 11.6. The molecule has 0 aliphatic heterocycles. The highest BCUT2D eigenvalue weighted by Crippen LogP contribution is 1.84. The average Bonchev–Trinajstić information content (AvgIpc) is 2.05. The van der Waals surface area contributed by atoms with E-state index < -0.39 is 0 Å². The monoisotopic (exact) mass is 225 g/mol. The lowest BCUT2D eigenvalue weighted by Gasteiger charge is -1.90. The average molecular weight is 225 g/mol. The first-order valence-electron chi connectivity index (χ1n) is 3.65. The molecule has 0 aliphatic carbocycles. The van der Waals surface area contributed by atoms with Crippen LogP contribution in [0.15, 0.2) is 0 Å². The summed E-state index contributed by atoms with van der Waals surface area (Å²) in [6.07, 6.45) is 0.780. The largest absolute Gasteiger partial charge is 0.469 e. The van der Waals surface area contributed by atoms with Gasteiger partial charge in [-0.1, -0.05) is 0 Å². The SMILES string of the molecule is COC(=O)CCS.NC(=O)CCS. The smallest absolute Gasteiger partial charge is 0.306 e. The molecule has 0 unspecified atom stereocenters. The number of rotatable bonds is 4. The van der Waals surface area contributed by atoms with Crippen LogP contribution < -0.4 is 5.73 Å². The Labute approximate surface area is 89.0 Å². The van der Waals surface area contributed by atoms with Crippen LogP contribution in [0.25, 0.3) is 0 Å². The number of carbonyl (C=O) groups is 2. The summed E-state index contributed by atoms with van der Waals surface area (Å²) in [5, 5.41) is 0. The minimum atomic E-state index is -0.287. The van der Waals surface area contributed by atoms with Crippen molar-refractivity contribution in [2.75, 3.05) is 18.6 Å². The fourth-order valence-electron chi connectivity index (χ4n) is 0.304. The van der Waals surface area contributed by atoms with Crippen molar-refractivity contribution in [1.29, 1.82) is 0 Å². The van der Waals surface area contributed by atoms with Crippen molar-refractivity contribution in [2.24, 2.45) is 5.73 Å². The fourth-order valence-corrected chi connectivity index (χ4v) is 0.707. The van der Waals surface area contributed by atoms with Crippen LogP contribution in [0.4, 0.5) is 0 Å². The summed E-state index contributed by atoms with van der Waals surface area (Å²) in [4.78, 5) is 19.9. The van der Waals surface area contributed by atoms with Gasteiger partial charge in [-0.2, -0.15) is 25.3 Å². The van der Waals surface area contributed by atoms with E-state index in [-0.39, 0.29) is 11.9 Å². The molecule has 0 aromatic rings. The fraction of sp³-hybridized carbons (Fsp3) is 0.714. The van der Waals surface area contributed by atoms with Crippen molar-refractivity contribution in [3.05, 3.63) is 0 Å². The van der Waals surface area contributed by atoms with Gasteiger partial charge in [-0.05, 0) is 5.75 Å². The van der Waals surface area contributed by atoms with Gasteiger partial charge in [-0.3, -0.25) is 9.59 Å². The van der Waals surface area contributed by atoms with Gasteiger partial charge in [-0.15, -0.1) is 0 Å². The molecule has 0 spiro atoms. The third-order valence-electron chi connectivity index (χ3n) is 0.902. The zero-order chi connectivity index (χ0) is 10.7. The van der Waals surface area contributed by atoms with E-state index in [1.165, 1.54) is 7.11 Å². The molecule has 0 fully saturated rings. The van der Waals surface area contributed by atoms with E-state index >= 15 is 0 Å². The molecular formula is C7H15NO3S2. The second-order valence-corrected chi connectivity index (χ2v) is 2.88. The van der Waals surface area contributed by atoms with E-state index in [1.807, 2.05) is 0 Å². The Morgan fingerprint density at radius 3 is 1.77 bits per heavy atom. The molecular weight excluding hydrogens is 210 g/mol. The van der Waals surface area contributed by atoms with Crippen LogP contribution in [0.2, 0.25) is 0 Å². The number of nitrogens with two attached hydrogens (primary N) is 1. The van der Waals surface area contributed by atoms with Gasteiger partial charge in [0.2, 0.25) is 5.91 Å². The van der Waals surface area contributed by atoms with Crippen molar-refractivity contribution in [3.8, 4) is 0 Å². The predicted octanol–water partition coefficient (Wildman–Crippen LogP) is 0.271. The van der Waals surface area contributed by atoms with Gasteiger partial charge in [-0.25, -0.2) is 0 Å². The van der Waals surface area contributed by atoms with E-state index in [0.29, 0.717) is 24.3 Å². The predicted molar refractivity (Wildman–Crippen MR) is 58.2 cm³/mol. The second-order valence-electron chi connectivity index (χ2n) is 1.99. The summed E-state index contributed by atoms with van der Waals surface area (Å²) in [5.41, 5.74) is 4.72. The standard InChI is InChI=1S/C4H8O2S.C3H7NOS/c1-6-4(5)2-3-7;4-3(5)1-2-6/h7H,2-3H2,1H3;6H,1-2H2,(H2,4,5). The Bertz CT molecular complexity index is 153. The molecule has 13 heavy (non-hydrogen) atoms. The lowest BCUT2D eigenvalue weighted by Crippen LogP contribution is -2.09. The summed E-state index contributed by atoms with van der Waals surface area (Å²) in [7, 11) is 1.37. The van der Waals surface area contributed by atoms with Gasteiger partial charge in [0.05, 0.1) is 13.5 Å². The van der Waals surface area contributed by atoms with Crippen LogP contribution in [-0.4, -0.2) is 30.5 Å². The molecule has 2 N–H and O–H groups in total. The maximum Gasteiger partial charge on any atom is 0.306 e. The third kappa shape index (κ3) is 18.5. The Morgan fingerprint density at radius 2 is 1.69 bits per heavy atom. The first-order valence-corrected chi connectivity index (χ1v) is 4.91. The summed E-state index contributed by atoms with van der Waals surface area (Å²) in [5.74, 6) is 0.627. The molecule has 1 amide bonds. The molecule has 0 saturated heterocycles. The third-order valence-corrected chi connectivity index (χ3v) is 1.35. The maximum atomic E-state index is 10.1. The van der Waals surface area contributed by atoms with E-state index in [4.69, 9.17) is 5.73 Å². The van der Waals surface area contributed by atoms with Crippen molar-refractivity contribution < 1.29 is 14.3 Å². The molecule has 0 aromatic carbocycles. The Morgan fingerprint density at radius 1 is 1.23 bits per heavy atom. The zero-order valence-corrected chi connectivity index (χ0v) is 9.31. The molecule has 0 radical (unpaired) electrons. The summed E-state index contributed by atoms with van der Waals surface area (Å²) < 4.78 is 4.30. The minimum absolute atomic E-state index is 0.199. The van der Waals surface area contributed by atoms with Crippen molar-refractivity contribution in [1.82, 2.24) is 0 Å². The molecule has 0 aliphatic rings. The highest BCUT2D eigenvalue weighted by molar-refractivity contribution is 7.80. The van der Waals surface area contributed by atoms with Crippen LogP contribution in [0.1, 0.15) is 12.8 Å². The first kappa shape index (κ1) is 15.1. The maximum absolute atomic E-state index is 10.1. The molecule has 0 atom stereocenters. The van der Waals surface area contributed by atoms with Crippen LogP contribution in [0.5, 0.6) is 0 Å². The van der Waals surface area contributed by atoms with Crippen LogP contribution >= 0.6 is 25.3 Å².